The van der Waals surface area contributed by atoms with Crippen LogP contribution in [0.1, 0.15) is 12.5 Å². The molecule has 0 spiro atoms. The molecule has 3 aromatic rings. The number of ether oxygens (including phenoxy) is 4. The van der Waals surface area contributed by atoms with E-state index in [1.54, 1.807) is 24.3 Å². The van der Waals surface area contributed by atoms with E-state index >= 15 is 0 Å². The molecule has 5 rings (SSSR count). The third kappa shape index (κ3) is 3.79. The number of fused-ring (bicyclic) bond motifs is 2. The lowest BCUT2D eigenvalue weighted by atomic mass is 9.99. The molecule has 1 fully saturated rings. The van der Waals surface area contributed by atoms with Crippen LogP contribution in [0.3, 0.4) is 0 Å². The fourth-order valence-corrected chi connectivity index (χ4v) is 4.14. The van der Waals surface area contributed by atoms with Crippen molar-refractivity contribution < 1.29 is 43.8 Å². The van der Waals surface area contributed by atoms with E-state index in [9.17, 15) is 25.2 Å². The van der Waals surface area contributed by atoms with Gasteiger partial charge in [-0.05, 0) is 35.7 Å². The van der Waals surface area contributed by atoms with Crippen molar-refractivity contribution in [3.8, 4) is 28.4 Å². The molecule has 0 amide bonds. The Hall–Kier alpha value is -3.15. The van der Waals surface area contributed by atoms with E-state index in [-0.39, 0.29) is 23.6 Å². The largest absolute Gasteiger partial charge is 0.463 e. The zero-order valence-electron chi connectivity index (χ0n) is 18.2. The predicted octanol–water partition coefficient (Wildman–Crippen LogP) is 0.930. The summed E-state index contributed by atoms with van der Waals surface area (Å²) >= 11 is 0. The molecule has 1 saturated heterocycles. The Labute approximate surface area is 193 Å². The number of benzene rings is 2. The van der Waals surface area contributed by atoms with Gasteiger partial charge in [-0.15, -0.1) is 0 Å². The van der Waals surface area contributed by atoms with Gasteiger partial charge in [-0.25, -0.2) is 0 Å². The minimum absolute atomic E-state index is 0.127. The Morgan fingerprint density at radius 1 is 1.03 bits per heavy atom. The molecule has 0 unspecified atom stereocenters. The van der Waals surface area contributed by atoms with Crippen molar-refractivity contribution in [3.05, 3.63) is 52.4 Å². The smallest absolute Gasteiger partial charge is 0.231 e. The van der Waals surface area contributed by atoms with E-state index in [1.807, 2.05) is 6.92 Å². The molecule has 10 heteroatoms. The number of aliphatic hydroxyl groups is 4. The molecule has 2 aliphatic heterocycles. The molecular weight excluding hydrogens is 448 g/mol. The van der Waals surface area contributed by atoms with Crippen molar-refractivity contribution in [1.29, 1.82) is 0 Å². The summed E-state index contributed by atoms with van der Waals surface area (Å²) in [4.78, 5) is 13.3. The Balaban J connectivity index is 1.50. The minimum Gasteiger partial charge on any atom is -0.463 e. The number of aryl methyl sites for hydroxylation is 1. The van der Waals surface area contributed by atoms with Crippen molar-refractivity contribution in [1.82, 2.24) is 0 Å². The summed E-state index contributed by atoms with van der Waals surface area (Å²) in [5, 5.41) is 40.0. The van der Waals surface area contributed by atoms with Gasteiger partial charge in [0.25, 0.3) is 0 Å². The SMILES string of the molecule is CCc1cc2c(=O)c(-c3ccc4c(c3)OCO4)coc2cc1O[C@H]1O[C@@H](CO)[C@@H](O)[C@H](O)[C@H]1O. The van der Waals surface area contributed by atoms with Crippen LogP contribution in [0.4, 0.5) is 0 Å². The van der Waals surface area contributed by atoms with E-state index in [0.717, 1.165) is 0 Å². The summed E-state index contributed by atoms with van der Waals surface area (Å²) in [5.74, 6) is 1.44. The lowest BCUT2D eigenvalue weighted by Gasteiger charge is -2.39. The highest BCUT2D eigenvalue weighted by atomic mass is 16.7. The average molecular weight is 472 g/mol. The van der Waals surface area contributed by atoms with Crippen molar-refractivity contribution in [2.24, 2.45) is 0 Å². The van der Waals surface area contributed by atoms with E-state index < -0.39 is 37.3 Å². The van der Waals surface area contributed by atoms with Crippen LogP contribution in [0, 0.1) is 0 Å². The molecule has 0 aliphatic carbocycles. The van der Waals surface area contributed by atoms with Gasteiger partial charge in [-0.3, -0.25) is 4.79 Å². The Morgan fingerprint density at radius 3 is 2.59 bits per heavy atom. The highest BCUT2D eigenvalue weighted by Gasteiger charge is 2.44. The number of hydrogen-bond acceptors (Lipinski definition) is 10. The van der Waals surface area contributed by atoms with Gasteiger partial charge in [0.05, 0.1) is 17.6 Å². The minimum atomic E-state index is -1.57. The molecule has 1 aromatic heterocycles. The lowest BCUT2D eigenvalue weighted by Crippen LogP contribution is -2.60. The van der Waals surface area contributed by atoms with Crippen LogP contribution in [0.25, 0.3) is 22.1 Å². The number of rotatable bonds is 5. The lowest BCUT2D eigenvalue weighted by molar-refractivity contribution is -0.277. The first-order valence-corrected chi connectivity index (χ1v) is 10.9. The van der Waals surface area contributed by atoms with Crippen LogP contribution in [-0.4, -0.2) is 64.5 Å². The molecular formula is C24H24O10. The molecule has 4 N–H and O–H groups in total. The molecule has 0 bridgehead atoms. The third-order valence-electron chi connectivity index (χ3n) is 6.11. The normalized spacial score (nSPS) is 26.1. The maximum absolute atomic E-state index is 13.3. The van der Waals surface area contributed by atoms with Gasteiger partial charge in [0.2, 0.25) is 18.5 Å². The first-order chi connectivity index (χ1) is 16.4. The molecule has 5 atom stereocenters. The van der Waals surface area contributed by atoms with Gasteiger partial charge in [-0.1, -0.05) is 13.0 Å². The quantitative estimate of drug-likeness (QED) is 0.423. The molecule has 0 saturated carbocycles. The van der Waals surface area contributed by atoms with Crippen LogP contribution < -0.4 is 19.6 Å². The first kappa shape index (κ1) is 22.6. The zero-order chi connectivity index (χ0) is 24.0. The van der Waals surface area contributed by atoms with Gasteiger partial charge in [0, 0.05) is 6.07 Å². The maximum Gasteiger partial charge on any atom is 0.231 e. The summed E-state index contributed by atoms with van der Waals surface area (Å²) in [6, 6.07) is 8.37. The second-order valence-corrected chi connectivity index (χ2v) is 8.17. The third-order valence-corrected chi connectivity index (χ3v) is 6.11. The van der Waals surface area contributed by atoms with E-state index in [1.165, 1.54) is 12.3 Å². The van der Waals surface area contributed by atoms with E-state index in [4.69, 9.17) is 23.4 Å². The summed E-state index contributed by atoms with van der Waals surface area (Å²) < 4.78 is 27.7. The summed E-state index contributed by atoms with van der Waals surface area (Å²) in [6.45, 7) is 1.42. The molecule has 180 valence electrons. The number of aliphatic hydroxyl groups excluding tert-OH is 4. The van der Waals surface area contributed by atoms with Crippen molar-refractivity contribution in [2.75, 3.05) is 13.4 Å². The fourth-order valence-electron chi connectivity index (χ4n) is 4.14. The van der Waals surface area contributed by atoms with Crippen molar-refractivity contribution in [3.63, 3.8) is 0 Å². The summed E-state index contributed by atoms with van der Waals surface area (Å²) in [5.41, 5.74) is 1.63. The van der Waals surface area contributed by atoms with Crippen LogP contribution >= 0.6 is 0 Å². The van der Waals surface area contributed by atoms with Gasteiger partial charge >= 0.3 is 0 Å². The molecule has 34 heavy (non-hydrogen) atoms. The first-order valence-electron chi connectivity index (χ1n) is 10.9. The van der Waals surface area contributed by atoms with Crippen LogP contribution in [-0.2, 0) is 11.2 Å². The highest BCUT2D eigenvalue weighted by molar-refractivity contribution is 5.84. The molecule has 2 aliphatic rings. The van der Waals surface area contributed by atoms with Crippen molar-refractivity contribution >= 4 is 11.0 Å². The second-order valence-electron chi connectivity index (χ2n) is 8.17. The molecule has 2 aromatic carbocycles. The van der Waals surface area contributed by atoms with E-state index in [0.29, 0.717) is 40.0 Å². The van der Waals surface area contributed by atoms with Gasteiger partial charge in [0.1, 0.15) is 42.0 Å². The Morgan fingerprint density at radius 2 is 1.82 bits per heavy atom. The Bertz CT molecular complexity index is 1270. The fraction of sp³-hybridized carbons (Fsp3) is 0.375. The van der Waals surface area contributed by atoms with Crippen LogP contribution in [0.2, 0.25) is 0 Å². The molecule has 3 heterocycles. The van der Waals surface area contributed by atoms with E-state index in [2.05, 4.69) is 0 Å². The molecule has 10 nitrogen and oxygen atoms in total. The van der Waals surface area contributed by atoms with Crippen LogP contribution in [0.5, 0.6) is 17.2 Å². The Kier molecular flexibility index (Phi) is 5.92. The highest BCUT2D eigenvalue weighted by Crippen LogP contribution is 2.36. The van der Waals surface area contributed by atoms with Gasteiger partial charge in [-0.2, -0.15) is 0 Å². The van der Waals surface area contributed by atoms with Gasteiger partial charge in [0.15, 0.2) is 11.5 Å². The zero-order valence-corrected chi connectivity index (χ0v) is 18.2. The topological polar surface area (TPSA) is 148 Å². The predicted molar refractivity (Wildman–Crippen MR) is 118 cm³/mol. The average Bonchev–Trinajstić information content (AvgIpc) is 3.32. The number of hydrogen-bond donors (Lipinski definition) is 4. The standard InChI is InChI=1S/C24H24O10/c1-2-11-5-13-17(7-16(11)33-24-23(29)22(28)21(27)19(8-25)34-24)30-9-14(20(13)26)12-3-4-15-18(6-12)32-10-31-15/h3-7,9,19,21-25,27-29H,2,8,10H2,1H3/t19-,21+,22-,23+,24-/m0/s1. The molecule has 0 radical (unpaired) electrons. The van der Waals surface area contributed by atoms with Gasteiger partial charge < -0.3 is 43.8 Å². The van der Waals surface area contributed by atoms with Crippen molar-refractivity contribution in [2.45, 2.75) is 44.1 Å². The summed E-state index contributed by atoms with van der Waals surface area (Å²) in [7, 11) is 0. The second kappa shape index (κ2) is 8.90. The van der Waals surface area contributed by atoms with Crippen LogP contribution in [0.15, 0.2) is 45.8 Å². The summed E-state index contributed by atoms with van der Waals surface area (Å²) in [6.07, 6.45) is -5.23. The monoisotopic (exact) mass is 472 g/mol. The maximum atomic E-state index is 13.3.